The quantitative estimate of drug-likeness (QED) is 0.0261. The van der Waals surface area contributed by atoms with Crippen LogP contribution in [0.5, 0.6) is 0 Å². The lowest BCUT2D eigenvalue weighted by atomic mass is 10.0. The summed E-state index contributed by atoms with van der Waals surface area (Å²) in [5.74, 6) is -0.849. The molecule has 0 aromatic carbocycles. The molecular formula is C66H126O6. The van der Waals surface area contributed by atoms with Gasteiger partial charge < -0.3 is 14.2 Å². The fourth-order valence-electron chi connectivity index (χ4n) is 10.1. The van der Waals surface area contributed by atoms with Crippen LogP contribution in [0.25, 0.3) is 0 Å². The van der Waals surface area contributed by atoms with Gasteiger partial charge in [-0.05, 0) is 38.5 Å². The standard InChI is InChI=1S/C66H126O6/c1-4-7-10-13-16-19-22-24-26-28-29-30-31-32-33-34-35-36-37-39-40-42-44-47-50-53-56-59-65(68)71-62-63(61-70-64(67)58-55-52-49-46-21-18-15-12-9-6-3)72-66(69)60-57-54-51-48-45-43-41-38-27-25-23-20-17-14-11-8-5-2/h12,15,63H,4-11,13-14,16-62H2,1-3H3/b15-12-. The van der Waals surface area contributed by atoms with Gasteiger partial charge in [-0.15, -0.1) is 0 Å². The molecule has 1 unspecified atom stereocenters. The Labute approximate surface area is 450 Å². The van der Waals surface area contributed by atoms with Crippen LogP contribution in [0.4, 0.5) is 0 Å². The van der Waals surface area contributed by atoms with Gasteiger partial charge in [-0.2, -0.15) is 0 Å². The Balaban J connectivity index is 4.10. The van der Waals surface area contributed by atoms with Crippen molar-refractivity contribution < 1.29 is 28.6 Å². The zero-order valence-corrected chi connectivity index (χ0v) is 49.0. The fraction of sp³-hybridized carbons (Fsp3) is 0.924. The van der Waals surface area contributed by atoms with Gasteiger partial charge in [0.15, 0.2) is 6.10 Å². The van der Waals surface area contributed by atoms with Gasteiger partial charge in [0, 0.05) is 19.3 Å². The smallest absolute Gasteiger partial charge is 0.306 e. The van der Waals surface area contributed by atoms with E-state index < -0.39 is 6.10 Å². The fourth-order valence-corrected chi connectivity index (χ4v) is 10.1. The zero-order valence-electron chi connectivity index (χ0n) is 49.0. The minimum Gasteiger partial charge on any atom is -0.462 e. The van der Waals surface area contributed by atoms with E-state index in [0.717, 1.165) is 70.6 Å². The van der Waals surface area contributed by atoms with E-state index >= 15 is 0 Å². The maximum Gasteiger partial charge on any atom is 0.306 e. The van der Waals surface area contributed by atoms with Gasteiger partial charge in [-0.1, -0.05) is 328 Å². The summed E-state index contributed by atoms with van der Waals surface area (Å²) < 4.78 is 16.9. The molecule has 0 fully saturated rings. The topological polar surface area (TPSA) is 78.9 Å². The highest BCUT2D eigenvalue weighted by Gasteiger charge is 2.19. The molecule has 0 saturated heterocycles. The van der Waals surface area contributed by atoms with E-state index in [9.17, 15) is 14.4 Å². The van der Waals surface area contributed by atoms with Gasteiger partial charge >= 0.3 is 17.9 Å². The molecule has 72 heavy (non-hydrogen) atoms. The Morgan fingerprint density at radius 2 is 0.486 bits per heavy atom. The molecular weight excluding hydrogens is 889 g/mol. The van der Waals surface area contributed by atoms with Crippen molar-refractivity contribution in [3.63, 3.8) is 0 Å². The maximum absolute atomic E-state index is 12.9. The third kappa shape index (κ3) is 59.0. The highest BCUT2D eigenvalue weighted by atomic mass is 16.6. The minimum atomic E-state index is -0.768. The van der Waals surface area contributed by atoms with Crippen LogP contribution in [0.15, 0.2) is 12.2 Å². The summed E-state index contributed by atoms with van der Waals surface area (Å²) in [5.41, 5.74) is 0. The lowest BCUT2D eigenvalue weighted by Gasteiger charge is -2.18. The van der Waals surface area contributed by atoms with Crippen LogP contribution in [0.3, 0.4) is 0 Å². The molecule has 0 aliphatic rings. The van der Waals surface area contributed by atoms with E-state index in [-0.39, 0.29) is 31.1 Å². The van der Waals surface area contributed by atoms with Crippen LogP contribution in [0.1, 0.15) is 374 Å². The second-order valence-corrected chi connectivity index (χ2v) is 22.4. The predicted molar refractivity (Wildman–Crippen MR) is 312 cm³/mol. The predicted octanol–water partition coefficient (Wildman–Crippen LogP) is 22.1. The number of carbonyl (C=O) groups excluding carboxylic acids is 3. The Kier molecular flexibility index (Phi) is 60.1. The van der Waals surface area contributed by atoms with Gasteiger partial charge in [0.05, 0.1) is 0 Å². The molecule has 0 spiro atoms. The number of ether oxygens (including phenoxy) is 3. The molecule has 0 radical (unpaired) electrons. The van der Waals surface area contributed by atoms with E-state index in [0.29, 0.717) is 19.3 Å². The Morgan fingerprint density at radius 1 is 0.264 bits per heavy atom. The molecule has 0 aliphatic heterocycles. The third-order valence-corrected chi connectivity index (χ3v) is 15.0. The van der Waals surface area contributed by atoms with Gasteiger partial charge in [0.25, 0.3) is 0 Å². The van der Waals surface area contributed by atoms with E-state index in [1.165, 1.54) is 263 Å². The monoisotopic (exact) mass is 1010 g/mol. The lowest BCUT2D eigenvalue weighted by Crippen LogP contribution is -2.30. The number of hydrogen-bond acceptors (Lipinski definition) is 6. The minimum absolute atomic E-state index is 0.0664. The molecule has 0 aromatic heterocycles. The van der Waals surface area contributed by atoms with E-state index in [2.05, 4.69) is 32.9 Å². The van der Waals surface area contributed by atoms with Crippen molar-refractivity contribution in [2.75, 3.05) is 13.2 Å². The summed E-state index contributed by atoms with van der Waals surface area (Å²) in [6.07, 6.45) is 72.5. The van der Waals surface area contributed by atoms with Crippen LogP contribution >= 0.6 is 0 Å². The Morgan fingerprint density at radius 3 is 0.750 bits per heavy atom. The molecule has 0 amide bonds. The molecule has 0 saturated carbocycles. The first-order valence-electron chi connectivity index (χ1n) is 32.7. The van der Waals surface area contributed by atoms with Crippen molar-refractivity contribution >= 4 is 17.9 Å². The van der Waals surface area contributed by atoms with Crippen LogP contribution in [0, 0.1) is 0 Å². The summed E-state index contributed by atoms with van der Waals surface area (Å²) in [6, 6.07) is 0. The first-order chi connectivity index (χ1) is 35.5. The summed E-state index contributed by atoms with van der Waals surface area (Å²) in [6.45, 7) is 6.65. The van der Waals surface area contributed by atoms with Gasteiger partial charge in [-0.3, -0.25) is 14.4 Å². The third-order valence-electron chi connectivity index (χ3n) is 15.0. The molecule has 6 heteroatoms. The average molecular weight is 1020 g/mol. The van der Waals surface area contributed by atoms with Crippen molar-refractivity contribution in [3.8, 4) is 0 Å². The van der Waals surface area contributed by atoms with Crippen LogP contribution < -0.4 is 0 Å². The van der Waals surface area contributed by atoms with Crippen LogP contribution in [-0.2, 0) is 28.6 Å². The lowest BCUT2D eigenvalue weighted by molar-refractivity contribution is -0.167. The number of esters is 3. The number of unbranched alkanes of at least 4 members (excludes halogenated alkanes) is 48. The molecule has 0 aliphatic carbocycles. The van der Waals surface area contributed by atoms with Gasteiger partial charge in [0.2, 0.25) is 0 Å². The van der Waals surface area contributed by atoms with Crippen molar-refractivity contribution in [1.82, 2.24) is 0 Å². The normalized spacial score (nSPS) is 12.0. The number of carbonyl (C=O) groups is 3. The second kappa shape index (κ2) is 61.7. The summed E-state index contributed by atoms with van der Waals surface area (Å²) >= 11 is 0. The highest BCUT2D eigenvalue weighted by molar-refractivity contribution is 5.71. The van der Waals surface area contributed by atoms with Gasteiger partial charge in [-0.25, -0.2) is 0 Å². The Bertz CT molecular complexity index is 1120. The Hall–Kier alpha value is -1.85. The number of allylic oxidation sites excluding steroid dienone is 2. The van der Waals surface area contributed by atoms with Crippen molar-refractivity contribution in [3.05, 3.63) is 12.2 Å². The second-order valence-electron chi connectivity index (χ2n) is 22.4. The maximum atomic E-state index is 12.9. The van der Waals surface area contributed by atoms with E-state index in [1.54, 1.807) is 0 Å². The molecule has 426 valence electrons. The average Bonchev–Trinajstić information content (AvgIpc) is 3.38. The van der Waals surface area contributed by atoms with Crippen LogP contribution in [0.2, 0.25) is 0 Å². The van der Waals surface area contributed by atoms with E-state index in [4.69, 9.17) is 14.2 Å². The summed E-state index contributed by atoms with van der Waals surface area (Å²) in [7, 11) is 0. The van der Waals surface area contributed by atoms with Crippen molar-refractivity contribution in [2.45, 2.75) is 380 Å². The molecule has 0 N–H and O–H groups in total. The SMILES string of the molecule is CCC/C=C\CCCCCCCC(=O)OCC(COC(=O)CCCCCCCCCCCCCCCCCCCCCCCCCCCCC)OC(=O)CCCCCCCCCCCCCCCCCCC. The van der Waals surface area contributed by atoms with Crippen molar-refractivity contribution in [1.29, 1.82) is 0 Å². The molecule has 6 nitrogen and oxygen atoms in total. The van der Waals surface area contributed by atoms with Crippen LogP contribution in [-0.4, -0.2) is 37.2 Å². The number of hydrogen-bond donors (Lipinski definition) is 0. The molecule has 0 rings (SSSR count). The molecule has 0 bridgehead atoms. The van der Waals surface area contributed by atoms with Crippen molar-refractivity contribution in [2.24, 2.45) is 0 Å². The number of rotatable bonds is 61. The molecule has 1 atom stereocenters. The first-order valence-corrected chi connectivity index (χ1v) is 32.7. The van der Waals surface area contributed by atoms with E-state index in [1.807, 2.05) is 0 Å². The highest BCUT2D eigenvalue weighted by Crippen LogP contribution is 2.19. The summed E-state index contributed by atoms with van der Waals surface area (Å²) in [5, 5.41) is 0. The summed E-state index contributed by atoms with van der Waals surface area (Å²) in [4.78, 5) is 38.2. The molecule has 0 heterocycles. The van der Waals surface area contributed by atoms with Gasteiger partial charge in [0.1, 0.15) is 13.2 Å². The zero-order chi connectivity index (χ0) is 52.2. The largest absolute Gasteiger partial charge is 0.462 e. The first kappa shape index (κ1) is 70.1. The molecule has 0 aromatic rings.